The fourth-order valence-electron chi connectivity index (χ4n) is 2.00. The summed E-state index contributed by atoms with van der Waals surface area (Å²) in [6.07, 6.45) is 0. The Hall–Kier alpha value is -1.03. The van der Waals surface area contributed by atoms with Crippen LogP contribution in [0.4, 0.5) is 4.39 Å². The van der Waals surface area contributed by atoms with Gasteiger partial charge in [-0.2, -0.15) is 0 Å². The van der Waals surface area contributed by atoms with E-state index >= 15 is 0 Å². The molecule has 106 valence electrons. The highest BCUT2D eigenvalue weighted by atomic mass is 35.5. The van der Waals surface area contributed by atoms with Crippen LogP contribution in [0.2, 0.25) is 5.02 Å². The van der Waals surface area contributed by atoms with E-state index in [1.54, 1.807) is 23.9 Å². The van der Waals surface area contributed by atoms with Crippen LogP contribution >= 0.6 is 23.4 Å². The van der Waals surface area contributed by atoms with Gasteiger partial charge in [0.1, 0.15) is 5.82 Å². The first-order chi connectivity index (χ1) is 9.61. The molecule has 2 rings (SSSR count). The summed E-state index contributed by atoms with van der Waals surface area (Å²) in [5.74, 6) is 0.502. The van der Waals surface area contributed by atoms with Crippen molar-refractivity contribution in [2.45, 2.75) is 17.9 Å². The standard InChI is InChI=1S/C16H17ClFNS/c1-11-5-3-4-6-16(11)20-10-15(19-2)13-8-7-12(17)9-14(13)18/h3-9,15,19H,10H2,1-2H3. The molecular formula is C16H17ClFNS. The summed E-state index contributed by atoms with van der Waals surface area (Å²) in [5.41, 5.74) is 1.89. The third-order valence-corrected chi connectivity index (χ3v) is 4.69. The fraction of sp³-hybridized carbons (Fsp3) is 0.250. The zero-order chi connectivity index (χ0) is 14.5. The lowest BCUT2D eigenvalue weighted by atomic mass is 10.1. The lowest BCUT2D eigenvalue weighted by Crippen LogP contribution is -2.20. The molecule has 0 aliphatic rings. The van der Waals surface area contributed by atoms with Crippen molar-refractivity contribution < 1.29 is 4.39 Å². The van der Waals surface area contributed by atoms with Crippen LogP contribution in [-0.4, -0.2) is 12.8 Å². The largest absolute Gasteiger partial charge is 0.312 e. The normalized spacial score (nSPS) is 12.4. The third-order valence-electron chi connectivity index (χ3n) is 3.19. The number of hydrogen-bond donors (Lipinski definition) is 1. The zero-order valence-corrected chi connectivity index (χ0v) is 13.1. The minimum absolute atomic E-state index is 0.0446. The number of benzene rings is 2. The van der Waals surface area contributed by atoms with Crippen molar-refractivity contribution in [3.63, 3.8) is 0 Å². The average molecular weight is 310 g/mol. The first-order valence-electron chi connectivity index (χ1n) is 6.42. The van der Waals surface area contributed by atoms with E-state index in [-0.39, 0.29) is 11.9 Å². The lowest BCUT2D eigenvalue weighted by Gasteiger charge is -2.17. The van der Waals surface area contributed by atoms with E-state index in [1.807, 2.05) is 19.2 Å². The first-order valence-corrected chi connectivity index (χ1v) is 7.79. The molecule has 0 bridgehead atoms. The lowest BCUT2D eigenvalue weighted by molar-refractivity contribution is 0.566. The van der Waals surface area contributed by atoms with Gasteiger partial charge in [-0.1, -0.05) is 35.9 Å². The molecule has 0 aliphatic heterocycles. The number of nitrogens with one attached hydrogen (secondary N) is 1. The maximum absolute atomic E-state index is 14.0. The highest BCUT2D eigenvalue weighted by Gasteiger charge is 2.15. The Labute approximate surface area is 128 Å². The molecular weight excluding hydrogens is 293 g/mol. The molecule has 0 aromatic heterocycles. The van der Waals surface area contributed by atoms with Gasteiger partial charge in [0.2, 0.25) is 0 Å². The highest BCUT2D eigenvalue weighted by Crippen LogP contribution is 2.28. The van der Waals surface area contributed by atoms with Crippen molar-refractivity contribution in [3.05, 3.63) is 64.4 Å². The van der Waals surface area contributed by atoms with Crippen molar-refractivity contribution >= 4 is 23.4 Å². The number of halogens is 2. The smallest absolute Gasteiger partial charge is 0.129 e. The Morgan fingerprint density at radius 2 is 2.00 bits per heavy atom. The maximum Gasteiger partial charge on any atom is 0.129 e. The molecule has 20 heavy (non-hydrogen) atoms. The summed E-state index contributed by atoms with van der Waals surface area (Å²) in [6.45, 7) is 2.08. The van der Waals surface area contributed by atoms with E-state index in [9.17, 15) is 4.39 Å². The van der Waals surface area contributed by atoms with Gasteiger partial charge in [-0.25, -0.2) is 4.39 Å². The molecule has 1 atom stereocenters. The molecule has 0 amide bonds. The van der Waals surface area contributed by atoms with E-state index in [4.69, 9.17) is 11.6 Å². The Kier molecular flexibility index (Phi) is 5.46. The molecule has 1 nitrogen and oxygen atoms in total. The Morgan fingerprint density at radius 1 is 1.25 bits per heavy atom. The fourth-order valence-corrected chi connectivity index (χ4v) is 3.33. The van der Waals surface area contributed by atoms with Gasteiger partial charge in [-0.3, -0.25) is 0 Å². The maximum atomic E-state index is 14.0. The van der Waals surface area contributed by atoms with Crippen LogP contribution in [0.1, 0.15) is 17.2 Å². The van der Waals surface area contributed by atoms with Crippen LogP contribution in [0.15, 0.2) is 47.4 Å². The number of rotatable bonds is 5. The summed E-state index contributed by atoms with van der Waals surface area (Å²) in [6, 6.07) is 13.0. The Balaban J connectivity index is 2.11. The van der Waals surface area contributed by atoms with E-state index in [0.29, 0.717) is 10.6 Å². The SMILES string of the molecule is CNC(CSc1ccccc1C)c1ccc(Cl)cc1F. The molecule has 2 aromatic carbocycles. The second-order valence-corrected chi connectivity index (χ2v) is 6.08. The van der Waals surface area contributed by atoms with Crippen LogP contribution < -0.4 is 5.32 Å². The van der Waals surface area contributed by atoms with Crippen LogP contribution in [0.5, 0.6) is 0 Å². The number of aryl methyl sites for hydroxylation is 1. The van der Waals surface area contributed by atoms with Crippen LogP contribution in [0, 0.1) is 12.7 Å². The predicted molar refractivity (Wildman–Crippen MR) is 85.1 cm³/mol. The summed E-state index contributed by atoms with van der Waals surface area (Å²) >= 11 is 7.52. The van der Waals surface area contributed by atoms with Gasteiger partial charge in [-0.15, -0.1) is 11.8 Å². The zero-order valence-electron chi connectivity index (χ0n) is 11.5. The molecule has 1 unspecified atom stereocenters. The molecule has 0 fully saturated rings. The van der Waals surface area contributed by atoms with E-state index in [0.717, 1.165) is 5.75 Å². The summed E-state index contributed by atoms with van der Waals surface area (Å²) in [7, 11) is 1.84. The highest BCUT2D eigenvalue weighted by molar-refractivity contribution is 7.99. The Bertz CT molecular complexity index is 588. The summed E-state index contributed by atoms with van der Waals surface area (Å²) in [4.78, 5) is 1.22. The van der Waals surface area contributed by atoms with E-state index in [2.05, 4.69) is 24.4 Å². The van der Waals surface area contributed by atoms with Crippen LogP contribution in [0.25, 0.3) is 0 Å². The van der Waals surface area contributed by atoms with Gasteiger partial charge < -0.3 is 5.32 Å². The molecule has 0 spiro atoms. The van der Waals surface area contributed by atoms with Crippen LogP contribution in [-0.2, 0) is 0 Å². The van der Waals surface area contributed by atoms with Crippen molar-refractivity contribution in [2.24, 2.45) is 0 Å². The Morgan fingerprint density at radius 3 is 2.65 bits per heavy atom. The average Bonchev–Trinajstić information content (AvgIpc) is 2.43. The second-order valence-electron chi connectivity index (χ2n) is 4.58. The van der Waals surface area contributed by atoms with Crippen molar-refractivity contribution in [1.82, 2.24) is 5.32 Å². The topological polar surface area (TPSA) is 12.0 Å². The molecule has 0 radical (unpaired) electrons. The summed E-state index contributed by atoms with van der Waals surface area (Å²) < 4.78 is 14.0. The van der Waals surface area contributed by atoms with Crippen molar-refractivity contribution in [1.29, 1.82) is 0 Å². The van der Waals surface area contributed by atoms with Gasteiger partial charge in [0.15, 0.2) is 0 Å². The minimum atomic E-state index is -0.262. The minimum Gasteiger partial charge on any atom is -0.312 e. The monoisotopic (exact) mass is 309 g/mol. The van der Waals surface area contributed by atoms with Gasteiger partial charge in [0.25, 0.3) is 0 Å². The van der Waals surface area contributed by atoms with Gasteiger partial charge in [0.05, 0.1) is 0 Å². The predicted octanol–water partition coefficient (Wildman–Crippen LogP) is 4.84. The molecule has 1 N–H and O–H groups in total. The van der Waals surface area contributed by atoms with E-state index in [1.165, 1.54) is 16.5 Å². The molecule has 0 saturated carbocycles. The third kappa shape index (κ3) is 3.75. The molecule has 2 aromatic rings. The van der Waals surface area contributed by atoms with E-state index < -0.39 is 0 Å². The van der Waals surface area contributed by atoms with Crippen molar-refractivity contribution in [2.75, 3.05) is 12.8 Å². The number of thioether (sulfide) groups is 1. The van der Waals surface area contributed by atoms with Gasteiger partial charge in [-0.05, 0) is 37.7 Å². The number of hydrogen-bond acceptors (Lipinski definition) is 2. The van der Waals surface area contributed by atoms with Crippen molar-refractivity contribution in [3.8, 4) is 0 Å². The molecule has 0 heterocycles. The molecule has 0 saturated heterocycles. The van der Waals surface area contributed by atoms with Gasteiger partial charge >= 0.3 is 0 Å². The quantitative estimate of drug-likeness (QED) is 0.793. The summed E-state index contributed by atoms with van der Waals surface area (Å²) in [5, 5.41) is 3.59. The van der Waals surface area contributed by atoms with Gasteiger partial charge in [0, 0.05) is 27.3 Å². The molecule has 0 aliphatic carbocycles. The van der Waals surface area contributed by atoms with Crippen LogP contribution in [0.3, 0.4) is 0 Å². The first kappa shape index (κ1) is 15.4. The molecule has 4 heteroatoms. The second kappa shape index (κ2) is 7.11.